The van der Waals surface area contributed by atoms with E-state index in [1.54, 1.807) is 12.1 Å². The van der Waals surface area contributed by atoms with Crippen molar-refractivity contribution in [2.24, 2.45) is 0 Å². The summed E-state index contributed by atoms with van der Waals surface area (Å²) in [5, 5.41) is 10.3. The number of hydrogen-bond acceptors (Lipinski definition) is 3. The molecule has 0 radical (unpaired) electrons. The Hall–Kier alpha value is -2.71. The number of halogens is 5. The lowest BCUT2D eigenvalue weighted by atomic mass is 9.97. The Morgan fingerprint density at radius 1 is 1.12 bits per heavy atom. The predicted octanol–water partition coefficient (Wildman–Crippen LogP) is 5.82. The summed E-state index contributed by atoms with van der Waals surface area (Å²) in [6.07, 6.45) is -4.24. The molecule has 1 aliphatic rings. The van der Waals surface area contributed by atoms with Gasteiger partial charge in [0.2, 0.25) is 0 Å². The number of hydrogen-bond donors (Lipinski definition) is 2. The summed E-state index contributed by atoms with van der Waals surface area (Å²) in [7, 11) is 0. The smallest absolute Gasteiger partial charge is 0.363 e. The molecule has 0 fully saturated rings. The van der Waals surface area contributed by atoms with Crippen molar-refractivity contribution in [2.45, 2.75) is 31.1 Å². The molecule has 1 amide bonds. The fourth-order valence-corrected chi connectivity index (χ4v) is 3.99. The van der Waals surface area contributed by atoms with Gasteiger partial charge in [0.05, 0.1) is 16.1 Å². The molecule has 2 N–H and O–H groups in total. The number of anilines is 1. The van der Waals surface area contributed by atoms with Gasteiger partial charge in [0.15, 0.2) is 11.7 Å². The van der Waals surface area contributed by atoms with Gasteiger partial charge in [-0.15, -0.1) is 0 Å². The molecular formula is C22H19Cl2F3N4O. The first-order chi connectivity index (χ1) is 15.2. The van der Waals surface area contributed by atoms with E-state index in [1.165, 1.54) is 12.1 Å². The van der Waals surface area contributed by atoms with Crippen LogP contribution in [0.3, 0.4) is 0 Å². The molecule has 2 heterocycles. The van der Waals surface area contributed by atoms with Crippen LogP contribution in [0.5, 0.6) is 0 Å². The molecule has 0 saturated carbocycles. The van der Waals surface area contributed by atoms with E-state index in [0.717, 1.165) is 10.2 Å². The Labute approximate surface area is 192 Å². The largest absolute Gasteiger partial charge is 0.410 e. The minimum absolute atomic E-state index is 0.0791. The highest BCUT2D eigenvalue weighted by molar-refractivity contribution is 6.42. The Morgan fingerprint density at radius 2 is 1.88 bits per heavy atom. The maximum absolute atomic E-state index is 13.8. The van der Waals surface area contributed by atoms with Crippen LogP contribution in [-0.4, -0.2) is 28.4 Å². The van der Waals surface area contributed by atoms with E-state index in [9.17, 15) is 18.0 Å². The van der Waals surface area contributed by atoms with E-state index in [-0.39, 0.29) is 23.0 Å². The van der Waals surface area contributed by atoms with Gasteiger partial charge >= 0.3 is 6.18 Å². The molecule has 32 heavy (non-hydrogen) atoms. The summed E-state index contributed by atoms with van der Waals surface area (Å²) in [6, 6.07) is 13.0. The molecule has 0 spiro atoms. The highest BCUT2D eigenvalue weighted by atomic mass is 35.5. The van der Waals surface area contributed by atoms with Crippen LogP contribution in [0.25, 0.3) is 0 Å². The second-order valence-corrected chi connectivity index (χ2v) is 8.33. The van der Waals surface area contributed by atoms with Crippen molar-refractivity contribution < 1.29 is 18.0 Å². The van der Waals surface area contributed by atoms with E-state index in [2.05, 4.69) is 15.7 Å². The number of carbonyl (C=O) groups is 1. The van der Waals surface area contributed by atoms with Crippen LogP contribution < -0.4 is 10.6 Å². The summed E-state index contributed by atoms with van der Waals surface area (Å²) in [6.45, 7) is 0.340. The third kappa shape index (κ3) is 4.86. The van der Waals surface area contributed by atoms with E-state index in [0.29, 0.717) is 23.6 Å². The van der Waals surface area contributed by atoms with Gasteiger partial charge < -0.3 is 10.6 Å². The molecule has 168 valence electrons. The number of fused-ring (bicyclic) bond motifs is 1. The van der Waals surface area contributed by atoms with Crippen molar-refractivity contribution in [1.82, 2.24) is 15.1 Å². The number of nitrogens with zero attached hydrogens (tertiary/aromatic N) is 2. The van der Waals surface area contributed by atoms with Crippen molar-refractivity contribution in [3.63, 3.8) is 0 Å². The zero-order valence-electron chi connectivity index (χ0n) is 16.7. The van der Waals surface area contributed by atoms with Crippen LogP contribution >= 0.6 is 23.2 Å². The SMILES string of the molecule is O=C(NCCc1ccccc1)c1cc2n(n1)[C@@H](C(F)(F)F)C[C@@H](c1ccc(Cl)c(Cl)c1)N2. The first-order valence-corrected chi connectivity index (χ1v) is 10.7. The molecule has 0 bridgehead atoms. The average molecular weight is 483 g/mol. The minimum Gasteiger partial charge on any atom is -0.363 e. The van der Waals surface area contributed by atoms with Crippen molar-refractivity contribution in [1.29, 1.82) is 0 Å². The van der Waals surface area contributed by atoms with Crippen LogP contribution in [0.1, 0.15) is 40.1 Å². The Balaban J connectivity index is 1.53. The monoisotopic (exact) mass is 482 g/mol. The molecule has 1 aromatic heterocycles. The molecule has 1 aliphatic heterocycles. The van der Waals surface area contributed by atoms with E-state index in [4.69, 9.17) is 23.2 Å². The van der Waals surface area contributed by atoms with Crippen LogP contribution in [0.2, 0.25) is 10.0 Å². The third-order valence-electron chi connectivity index (χ3n) is 5.31. The molecule has 0 unspecified atom stereocenters. The van der Waals surface area contributed by atoms with Gasteiger partial charge in [-0.1, -0.05) is 59.6 Å². The molecule has 10 heteroatoms. The van der Waals surface area contributed by atoms with Crippen LogP contribution in [0, 0.1) is 0 Å². The van der Waals surface area contributed by atoms with Crippen LogP contribution in [0.15, 0.2) is 54.6 Å². The minimum atomic E-state index is -4.54. The number of alkyl halides is 3. The number of carbonyl (C=O) groups excluding carboxylic acids is 1. The van der Waals surface area contributed by atoms with Crippen molar-refractivity contribution in [3.8, 4) is 0 Å². The Bertz CT molecular complexity index is 1120. The topological polar surface area (TPSA) is 59.0 Å². The van der Waals surface area contributed by atoms with Gasteiger partial charge in [0.1, 0.15) is 5.82 Å². The van der Waals surface area contributed by atoms with E-state index in [1.807, 2.05) is 30.3 Å². The lowest BCUT2D eigenvalue weighted by Crippen LogP contribution is -2.35. The maximum atomic E-state index is 13.8. The number of rotatable bonds is 5. The lowest BCUT2D eigenvalue weighted by molar-refractivity contribution is -0.173. The number of benzene rings is 2. The van der Waals surface area contributed by atoms with Crippen molar-refractivity contribution in [2.75, 3.05) is 11.9 Å². The quantitative estimate of drug-likeness (QED) is 0.481. The summed E-state index contributed by atoms with van der Waals surface area (Å²) in [4.78, 5) is 12.5. The number of nitrogens with one attached hydrogen (secondary N) is 2. The Kier molecular flexibility index (Phi) is 6.35. The van der Waals surface area contributed by atoms with Gasteiger partial charge in [-0.2, -0.15) is 18.3 Å². The molecule has 0 aliphatic carbocycles. The summed E-state index contributed by atoms with van der Waals surface area (Å²) in [5.41, 5.74) is 1.53. The first-order valence-electron chi connectivity index (χ1n) is 9.92. The summed E-state index contributed by atoms with van der Waals surface area (Å²) >= 11 is 12.0. The van der Waals surface area contributed by atoms with Crippen LogP contribution in [-0.2, 0) is 6.42 Å². The maximum Gasteiger partial charge on any atom is 0.410 e. The first kappa shape index (κ1) is 22.5. The molecule has 5 nitrogen and oxygen atoms in total. The van der Waals surface area contributed by atoms with E-state index >= 15 is 0 Å². The standard InChI is InChI=1S/C22H19Cl2F3N4O/c23-15-7-6-14(10-16(15)24)17-11-19(22(25,26)27)31-20(29-17)12-18(30-31)21(32)28-9-8-13-4-2-1-3-5-13/h1-7,10,12,17,19,29H,8-9,11H2,(H,28,32)/t17-,19+/m0/s1. The Morgan fingerprint density at radius 3 is 2.56 bits per heavy atom. The molecular weight excluding hydrogens is 464 g/mol. The zero-order chi connectivity index (χ0) is 22.9. The van der Waals surface area contributed by atoms with Gasteiger partial charge in [-0.3, -0.25) is 4.79 Å². The fourth-order valence-electron chi connectivity index (χ4n) is 3.69. The normalized spacial score (nSPS) is 18.0. The molecule has 2 aromatic carbocycles. The summed E-state index contributed by atoms with van der Waals surface area (Å²) < 4.78 is 42.3. The molecule has 3 aromatic rings. The van der Waals surface area contributed by atoms with Crippen molar-refractivity contribution >= 4 is 34.9 Å². The molecule has 2 atom stereocenters. The molecule has 4 rings (SSSR count). The van der Waals surface area contributed by atoms with Gasteiger partial charge in [0, 0.05) is 19.0 Å². The second-order valence-electron chi connectivity index (χ2n) is 7.51. The second kappa shape index (κ2) is 9.03. The third-order valence-corrected chi connectivity index (χ3v) is 6.05. The van der Waals surface area contributed by atoms with Crippen LogP contribution in [0.4, 0.5) is 19.0 Å². The van der Waals surface area contributed by atoms with Crippen molar-refractivity contribution in [3.05, 3.63) is 81.5 Å². The highest BCUT2D eigenvalue weighted by Gasteiger charge is 2.46. The van der Waals surface area contributed by atoms with E-state index < -0.39 is 24.2 Å². The molecule has 0 saturated heterocycles. The predicted molar refractivity (Wildman–Crippen MR) is 117 cm³/mol. The fraction of sp³-hybridized carbons (Fsp3) is 0.273. The van der Waals surface area contributed by atoms with Gasteiger partial charge in [-0.05, 0) is 29.7 Å². The average Bonchev–Trinajstić information content (AvgIpc) is 3.19. The van der Waals surface area contributed by atoms with Gasteiger partial charge in [-0.25, -0.2) is 4.68 Å². The van der Waals surface area contributed by atoms with Gasteiger partial charge in [0.25, 0.3) is 5.91 Å². The number of amides is 1. The number of aromatic nitrogens is 2. The zero-order valence-corrected chi connectivity index (χ0v) is 18.2. The lowest BCUT2D eigenvalue weighted by Gasteiger charge is -2.33. The summed E-state index contributed by atoms with van der Waals surface area (Å²) in [5.74, 6) is -0.417. The highest BCUT2D eigenvalue weighted by Crippen LogP contribution is 2.44.